The standard InChI is InChI=1S/C20H25FN2O3/c1-14(2)26-13-5-12-23-19(24)17(15-6-8-16(21)9-7-15)18(20(23)25)22-10-3-4-11-22/h6-9,14H,3-5,10-13H2,1-2H3. The first-order valence-electron chi connectivity index (χ1n) is 9.22. The molecule has 0 unspecified atom stereocenters. The molecule has 3 rings (SSSR count). The van der Waals surface area contributed by atoms with Crippen molar-refractivity contribution in [1.29, 1.82) is 0 Å². The van der Waals surface area contributed by atoms with E-state index in [1.54, 1.807) is 12.1 Å². The van der Waals surface area contributed by atoms with Crippen molar-refractivity contribution < 1.29 is 18.7 Å². The molecule has 0 atom stereocenters. The molecule has 0 N–H and O–H groups in total. The van der Waals surface area contributed by atoms with Crippen LogP contribution < -0.4 is 0 Å². The van der Waals surface area contributed by atoms with Crippen molar-refractivity contribution in [2.75, 3.05) is 26.2 Å². The largest absolute Gasteiger partial charge is 0.379 e. The number of rotatable bonds is 7. The van der Waals surface area contributed by atoms with Gasteiger partial charge >= 0.3 is 0 Å². The zero-order valence-corrected chi connectivity index (χ0v) is 15.3. The number of amides is 2. The first kappa shape index (κ1) is 18.6. The first-order chi connectivity index (χ1) is 12.5. The van der Waals surface area contributed by atoms with E-state index in [2.05, 4.69) is 0 Å². The highest BCUT2D eigenvalue weighted by atomic mass is 19.1. The molecule has 1 saturated heterocycles. The highest BCUT2D eigenvalue weighted by Gasteiger charge is 2.41. The highest BCUT2D eigenvalue weighted by Crippen LogP contribution is 2.33. The Morgan fingerprint density at radius 1 is 1.08 bits per heavy atom. The lowest BCUT2D eigenvalue weighted by atomic mass is 10.0. The summed E-state index contributed by atoms with van der Waals surface area (Å²) in [6, 6.07) is 5.77. The molecule has 2 aliphatic rings. The van der Waals surface area contributed by atoms with E-state index < -0.39 is 0 Å². The van der Waals surface area contributed by atoms with Gasteiger partial charge in [0, 0.05) is 26.2 Å². The lowest BCUT2D eigenvalue weighted by Crippen LogP contribution is -2.35. The van der Waals surface area contributed by atoms with E-state index in [-0.39, 0.29) is 23.7 Å². The van der Waals surface area contributed by atoms with Crippen LogP contribution in [-0.2, 0) is 14.3 Å². The van der Waals surface area contributed by atoms with Crippen LogP contribution in [0, 0.1) is 5.82 Å². The molecule has 26 heavy (non-hydrogen) atoms. The fourth-order valence-electron chi connectivity index (χ4n) is 3.42. The predicted molar refractivity (Wildman–Crippen MR) is 96.6 cm³/mol. The first-order valence-corrected chi connectivity index (χ1v) is 9.22. The van der Waals surface area contributed by atoms with Crippen molar-refractivity contribution in [2.24, 2.45) is 0 Å². The smallest absolute Gasteiger partial charge is 0.277 e. The summed E-state index contributed by atoms with van der Waals surface area (Å²) in [5.41, 5.74) is 1.44. The van der Waals surface area contributed by atoms with Gasteiger partial charge in [-0.15, -0.1) is 0 Å². The molecule has 2 aliphatic heterocycles. The summed E-state index contributed by atoms with van der Waals surface area (Å²) in [5, 5.41) is 0. The van der Waals surface area contributed by atoms with Crippen LogP contribution in [0.5, 0.6) is 0 Å². The monoisotopic (exact) mass is 360 g/mol. The molecule has 140 valence electrons. The number of imide groups is 1. The summed E-state index contributed by atoms with van der Waals surface area (Å²) in [5.74, 6) is -0.912. The van der Waals surface area contributed by atoms with Gasteiger partial charge in [0.05, 0.1) is 11.7 Å². The average Bonchev–Trinajstić information content (AvgIpc) is 3.20. The number of carbonyl (C=O) groups is 2. The molecule has 1 aromatic rings. The van der Waals surface area contributed by atoms with Gasteiger partial charge in [-0.05, 0) is 50.8 Å². The van der Waals surface area contributed by atoms with Crippen LogP contribution in [0.2, 0.25) is 0 Å². The van der Waals surface area contributed by atoms with Gasteiger partial charge in [0.25, 0.3) is 11.8 Å². The van der Waals surface area contributed by atoms with Crippen LogP contribution in [-0.4, -0.2) is 54.0 Å². The molecule has 2 amide bonds. The minimum Gasteiger partial charge on any atom is -0.379 e. The second kappa shape index (κ2) is 7.99. The molecule has 0 spiro atoms. The van der Waals surface area contributed by atoms with Gasteiger partial charge in [-0.25, -0.2) is 4.39 Å². The molecular weight excluding hydrogens is 335 g/mol. The summed E-state index contributed by atoms with van der Waals surface area (Å²) in [4.78, 5) is 29.2. The molecule has 0 bridgehead atoms. The number of carbonyl (C=O) groups excluding carboxylic acids is 2. The van der Waals surface area contributed by atoms with Gasteiger partial charge in [0.15, 0.2) is 0 Å². The number of hydrogen-bond acceptors (Lipinski definition) is 4. The maximum Gasteiger partial charge on any atom is 0.277 e. The Bertz CT molecular complexity index is 706. The number of benzene rings is 1. The van der Waals surface area contributed by atoms with Crippen LogP contribution in [0.4, 0.5) is 4.39 Å². The van der Waals surface area contributed by atoms with E-state index in [0.29, 0.717) is 36.4 Å². The van der Waals surface area contributed by atoms with Crippen LogP contribution in [0.3, 0.4) is 0 Å². The third-order valence-corrected chi connectivity index (χ3v) is 4.68. The zero-order valence-electron chi connectivity index (χ0n) is 15.3. The van der Waals surface area contributed by atoms with Crippen molar-refractivity contribution in [1.82, 2.24) is 9.80 Å². The molecule has 5 nitrogen and oxygen atoms in total. The summed E-state index contributed by atoms with van der Waals surface area (Å²) in [6.07, 6.45) is 2.72. The van der Waals surface area contributed by atoms with Crippen LogP contribution in [0.25, 0.3) is 5.57 Å². The van der Waals surface area contributed by atoms with Crippen molar-refractivity contribution in [3.8, 4) is 0 Å². The Morgan fingerprint density at radius 3 is 2.35 bits per heavy atom. The lowest BCUT2D eigenvalue weighted by Gasteiger charge is -2.20. The second-order valence-corrected chi connectivity index (χ2v) is 6.96. The highest BCUT2D eigenvalue weighted by molar-refractivity contribution is 6.35. The third kappa shape index (κ3) is 3.80. The minimum absolute atomic E-state index is 0.119. The van der Waals surface area contributed by atoms with Gasteiger partial charge in [-0.2, -0.15) is 0 Å². The summed E-state index contributed by atoms with van der Waals surface area (Å²) in [7, 11) is 0. The Labute approximate surface area is 153 Å². The van der Waals surface area contributed by atoms with Gasteiger partial charge in [-0.1, -0.05) is 12.1 Å². The van der Waals surface area contributed by atoms with Gasteiger partial charge < -0.3 is 9.64 Å². The Morgan fingerprint density at radius 2 is 1.73 bits per heavy atom. The predicted octanol–water partition coefficient (Wildman–Crippen LogP) is 2.82. The maximum absolute atomic E-state index is 13.3. The van der Waals surface area contributed by atoms with E-state index >= 15 is 0 Å². The number of ether oxygens (including phenoxy) is 1. The molecule has 0 radical (unpaired) electrons. The number of hydrogen-bond donors (Lipinski definition) is 0. The number of halogens is 1. The molecule has 0 saturated carbocycles. The molecule has 1 fully saturated rings. The van der Waals surface area contributed by atoms with Gasteiger partial charge in [0.1, 0.15) is 11.5 Å². The number of nitrogens with zero attached hydrogens (tertiary/aromatic N) is 2. The quantitative estimate of drug-likeness (QED) is 0.554. The summed E-state index contributed by atoms with van der Waals surface area (Å²) in [6.45, 7) is 6.26. The molecule has 0 aliphatic carbocycles. The van der Waals surface area contributed by atoms with Crippen molar-refractivity contribution in [3.05, 3.63) is 41.3 Å². The molecule has 0 aromatic heterocycles. The van der Waals surface area contributed by atoms with E-state index in [0.717, 1.165) is 25.9 Å². The maximum atomic E-state index is 13.3. The zero-order chi connectivity index (χ0) is 18.7. The Kier molecular flexibility index (Phi) is 5.71. The molecular formula is C20H25FN2O3. The van der Waals surface area contributed by atoms with Crippen molar-refractivity contribution in [2.45, 2.75) is 39.2 Å². The Hall–Kier alpha value is -2.21. The fourth-order valence-corrected chi connectivity index (χ4v) is 3.42. The average molecular weight is 360 g/mol. The van der Waals surface area contributed by atoms with E-state index in [4.69, 9.17) is 4.74 Å². The lowest BCUT2D eigenvalue weighted by molar-refractivity contribution is -0.137. The normalized spacial score (nSPS) is 18.0. The van der Waals surface area contributed by atoms with Gasteiger partial charge in [0.2, 0.25) is 0 Å². The van der Waals surface area contributed by atoms with E-state index in [9.17, 15) is 14.0 Å². The molecule has 2 heterocycles. The van der Waals surface area contributed by atoms with Crippen molar-refractivity contribution >= 4 is 17.4 Å². The summed E-state index contributed by atoms with van der Waals surface area (Å²) < 4.78 is 18.8. The fraction of sp³-hybridized carbons (Fsp3) is 0.500. The third-order valence-electron chi connectivity index (χ3n) is 4.68. The van der Waals surface area contributed by atoms with Crippen molar-refractivity contribution in [3.63, 3.8) is 0 Å². The molecule has 6 heteroatoms. The minimum atomic E-state index is -0.364. The van der Waals surface area contributed by atoms with Crippen LogP contribution >= 0.6 is 0 Å². The summed E-state index contributed by atoms with van der Waals surface area (Å²) >= 11 is 0. The van der Waals surface area contributed by atoms with Crippen LogP contribution in [0.15, 0.2) is 30.0 Å². The van der Waals surface area contributed by atoms with Gasteiger partial charge in [-0.3, -0.25) is 14.5 Å². The number of likely N-dealkylation sites (tertiary alicyclic amines) is 1. The molecule has 1 aromatic carbocycles. The van der Waals surface area contributed by atoms with Crippen LogP contribution in [0.1, 0.15) is 38.7 Å². The Balaban J connectivity index is 1.85. The topological polar surface area (TPSA) is 49.9 Å². The van der Waals surface area contributed by atoms with E-state index in [1.807, 2.05) is 18.7 Å². The SMILES string of the molecule is CC(C)OCCCN1C(=O)C(c2ccc(F)cc2)=C(N2CCCC2)C1=O. The van der Waals surface area contributed by atoms with E-state index in [1.165, 1.54) is 17.0 Å². The second-order valence-electron chi connectivity index (χ2n) is 6.96.